The summed E-state index contributed by atoms with van der Waals surface area (Å²) >= 11 is 0. The van der Waals surface area contributed by atoms with Crippen molar-refractivity contribution in [1.82, 2.24) is 14.7 Å². The second-order valence-electron chi connectivity index (χ2n) is 6.47. The molecule has 148 valence electrons. The summed E-state index contributed by atoms with van der Waals surface area (Å²) in [7, 11) is 1.39. The van der Waals surface area contributed by atoms with Crippen molar-refractivity contribution in [3.8, 4) is 5.69 Å². The number of anilines is 1. The Hall–Kier alpha value is -3.81. The summed E-state index contributed by atoms with van der Waals surface area (Å²) in [6, 6.07) is 15.8. The minimum atomic E-state index is -0.686. The molecule has 1 N–H and O–H groups in total. The van der Waals surface area contributed by atoms with E-state index in [4.69, 9.17) is 0 Å². The van der Waals surface area contributed by atoms with Gasteiger partial charge in [-0.2, -0.15) is 5.10 Å². The number of rotatable bonds is 5. The monoisotopic (exact) mass is 394 g/mol. The molecule has 0 aliphatic carbocycles. The number of para-hydroxylation sites is 1. The summed E-state index contributed by atoms with van der Waals surface area (Å²) in [5.41, 5.74) is 0.725. The van der Waals surface area contributed by atoms with E-state index in [1.54, 1.807) is 19.1 Å². The third-order valence-electron chi connectivity index (χ3n) is 4.15. The van der Waals surface area contributed by atoms with Crippen molar-refractivity contribution in [2.75, 3.05) is 18.9 Å². The highest BCUT2D eigenvalue weighted by molar-refractivity contribution is 5.98. The number of halogens is 1. The molecule has 0 aliphatic rings. The van der Waals surface area contributed by atoms with Crippen molar-refractivity contribution in [2.24, 2.45) is 0 Å². The number of amides is 2. The van der Waals surface area contributed by atoms with Crippen LogP contribution in [0.4, 0.5) is 10.1 Å². The van der Waals surface area contributed by atoms with Crippen LogP contribution in [0.1, 0.15) is 16.2 Å². The maximum atomic E-state index is 13.2. The van der Waals surface area contributed by atoms with Crippen molar-refractivity contribution in [2.45, 2.75) is 6.92 Å². The second-order valence-corrected chi connectivity index (χ2v) is 6.47. The van der Waals surface area contributed by atoms with Crippen molar-refractivity contribution in [3.05, 3.63) is 88.1 Å². The number of carbonyl (C=O) groups excluding carboxylic acids is 2. The first-order valence-corrected chi connectivity index (χ1v) is 8.82. The SMILES string of the molecule is Cc1cc(=O)c(C(=O)N(C)CC(=O)Nc2cccc(F)c2)nn1-c1ccccc1. The molecule has 2 aromatic carbocycles. The fourth-order valence-corrected chi connectivity index (χ4v) is 2.76. The highest BCUT2D eigenvalue weighted by Gasteiger charge is 2.21. The molecule has 0 radical (unpaired) electrons. The van der Waals surface area contributed by atoms with Crippen molar-refractivity contribution in [3.63, 3.8) is 0 Å². The van der Waals surface area contributed by atoms with Gasteiger partial charge in [-0.3, -0.25) is 14.4 Å². The Bertz CT molecular complexity index is 1110. The number of aryl methyl sites for hydroxylation is 1. The molecular formula is C21H19FN4O3. The zero-order valence-corrected chi connectivity index (χ0v) is 15.9. The molecule has 1 heterocycles. The minimum absolute atomic E-state index is 0.274. The van der Waals surface area contributed by atoms with Gasteiger partial charge in [0.05, 0.1) is 12.2 Å². The lowest BCUT2D eigenvalue weighted by Crippen LogP contribution is -2.38. The number of benzene rings is 2. The lowest BCUT2D eigenvalue weighted by Gasteiger charge is -2.17. The van der Waals surface area contributed by atoms with Crippen LogP contribution in [0.2, 0.25) is 0 Å². The fourth-order valence-electron chi connectivity index (χ4n) is 2.76. The molecular weight excluding hydrogens is 375 g/mol. The maximum absolute atomic E-state index is 13.2. The first kappa shape index (κ1) is 19.9. The number of hydrogen-bond donors (Lipinski definition) is 1. The van der Waals surface area contributed by atoms with Crippen LogP contribution in [0.3, 0.4) is 0 Å². The summed E-state index contributed by atoms with van der Waals surface area (Å²) in [4.78, 5) is 38.3. The van der Waals surface area contributed by atoms with Crippen LogP contribution in [0.25, 0.3) is 5.69 Å². The Morgan fingerprint density at radius 1 is 1.10 bits per heavy atom. The van der Waals surface area contributed by atoms with E-state index < -0.39 is 23.1 Å². The van der Waals surface area contributed by atoms with Crippen molar-refractivity contribution in [1.29, 1.82) is 0 Å². The van der Waals surface area contributed by atoms with E-state index >= 15 is 0 Å². The predicted octanol–water partition coefficient (Wildman–Crippen LogP) is 2.39. The highest BCUT2D eigenvalue weighted by atomic mass is 19.1. The Morgan fingerprint density at radius 2 is 1.83 bits per heavy atom. The molecule has 2 amide bonds. The van der Waals surface area contributed by atoms with E-state index in [1.165, 1.54) is 42.1 Å². The average molecular weight is 394 g/mol. The molecule has 0 bridgehead atoms. The number of likely N-dealkylation sites (N-methyl/N-ethyl adjacent to an activating group) is 1. The summed E-state index contributed by atoms with van der Waals surface area (Å²) in [6.45, 7) is 1.39. The number of nitrogens with zero attached hydrogens (tertiary/aromatic N) is 3. The summed E-state index contributed by atoms with van der Waals surface area (Å²) in [6.07, 6.45) is 0. The molecule has 3 rings (SSSR count). The summed E-state index contributed by atoms with van der Waals surface area (Å²) in [5, 5.41) is 6.70. The number of aromatic nitrogens is 2. The third-order valence-corrected chi connectivity index (χ3v) is 4.15. The molecule has 3 aromatic rings. The van der Waals surface area contributed by atoms with Crippen LogP contribution in [0.5, 0.6) is 0 Å². The van der Waals surface area contributed by atoms with Gasteiger partial charge in [0, 0.05) is 24.5 Å². The van der Waals surface area contributed by atoms with E-state index in [1.807, 2.05) is 18.2 Å². The molecule has 0 aliphatic heterocycles. The number of nitrogens with one attached hydrogen (secondary N) is 1. The van der Waals surface area contributed by atoms with Crippen LogP contribution in [0.15, 0.2) is 65.5 Å². The molecule has 0 unspecified atom stereocenters. The third kappa shape index (κ3) is 4.73. The molecule has 0 saturated heterocycles. The topological polar surface area (TPSA) is 84.3 Å². The van der Waals surface area contributed by atoms with E-state index in [9.17, 15) is 18.8 Å². The quantitative estimate of drug-likeness (QED) is 0.720. The van der Waals surface area contributed by atoms with Gasteiger partial charge < -0.3 is 10.2 Å². The maximum Gasteiger partial charge on any atom is 0.278 e. The van der Waals surface area contributed by atoms with E-state index in [2.05, 4.69) is 10.4 Å². The number of carbonyl (C=O) groups is 2. The zero-order chi connectivity index (χ0) is 21.0. The number of hydrogen-bond acceptors (Lipinski definition) is 4. The summed E-state index contributed by atoms with van der Waals surface area (Å²) in [5.74, 6) is -1.70. The van der Waals surface area contributed by atoms with Crippen LogP contribution in [-0.4, -0.2) is 40.1 Å². The Morgan fingerprint density at radius 3 is 2.52 bits per heavy atom. The Labute approximate surface area is 166 Å². The van der Waals surface area contributed by atoms with Crippen molar-refractivity contribution >= 4 is 17.5 Å². The van der Waals surface area contributed by atoms with Crippen LogP contribution in [0, 0.1) is 12.7 Å². The highest BCUT2D eigenvalue weighted by Crippen LogP contribution is 2.10. The Kier molecular flexibility index (Phi) is 5.82. The predicted molar refractivity (Wildman–Crippen MR) is 107 cm³/mol. The van der Waals surface area contributed by atoms with E-state index in [-0.39, 0.29) is 17.9 Å². The van der Waals surface area contributed by atoms with Gasteiger partial charge in [0.15, 0.2) is 5.69 Å². The lowest BCUT2D eigenvalue weighted by atomic mass is 10.2. The first-order valence-electron chi connectivity index (χ1n) is 8.82. The van der Waals surface area contributed by atoms with Crippen LogP contribution in [-0.2, 0) is 4.79 Å². The molecule has 0 saturated carbocycles. The Balaban J connectivity index is 1.78. The molecule has 1 aromatic heterocycles. The molecule has 29 heavy (non-hydrogen) atoms. The largest absolute Gasteiger partial charge is 0.331 e. The average Bonchev–Trinajstić information content (AvgIpc) is 2.68. The van der Waals surface area contributed by atoms with Gasteiger partial charge in [0.25, 0.3) is 5.91 Å². The van der Waals surface area contributed by atoms with Gasteiger partial charge in [-0.1, -0.05) is 24.3 Å². The van der Waals surface area contributed by atoms with Gasteiger partial charge in [-0.05, 0) is 37.3 Å². The fraction of sp³-hybridized carbons (Fsp3) is 0.143. The second kappa shape index (κ2) is 8.47. The van der Waals surface area contributed by atoms with Crippen LogP contribution < -0.4 is 10.7 Å². The minimum Gasteiger partial charge on any atom is -0.331 e. The molecule has 0 spiro atoms. The van der Waals surface area contributed by atoms with Gasteiger partial charge >= 0.3 is 0 Å². The van der Waals surface area contributed by atoms with Gasteiger partial charge in [0.2, 0.25) is 11.3 Å². The summed E-state index contributed by atoms with van der Waals surface area (Å²) < 4.78 is 14.7. The molecule has 7 nitrogen and oxygen atoms in total. The standard InChI is InChI=1S/C21H19FN4O3/c1-14-11-18(27)20(24-26(14)17-9-4-3-5-10-17)21(29)25(2)13-19(28)23-16-8-6-7-15(22)12-16/h3-12H,13H2,1-2H3,(H,23,28). The van der Waals surface area contributed by atoms with E-state index in [0.717, 1.165) is 4.90 Å². The lowest BCUT2D eigenvalue weighted by molar-refractivity contribution is -0.116. The normalized spacial score (nSPS) is 10.4. The van der Waals surface area contributed by atoms with Gasteiger partial charge in [-0.15, -0.1) is 0 Å². The molecule has 0 fully saturated rings. The first-order chi connectivity index (χ1) is 13.8. The molecule has 8 heteroatoms. The van der Waals surface area contributed by atoms with Gasteiger partial charge in [0.1, 0.15) is 5.82 Å². The van der Waals surface area contributed by atoms with Crippen LogP contribution >= 0.6 is 0 Å². The molecule has 0 atom stereocenters. The van der Waals surface area contributed by atoms with Gasteiger partial charge in [-0.25, -0.2) is 9.07 Å². The van der Waals surface area contributed by atoms with E-state index in [0.29, 0.717) is 11.4 Å². The smallest absolute Gasteiger partial charge is 0.278 e. The van der Waals surface area contributed by atoms with Crippen molar-refractivity contribution < 1.29 is 14.0 Å². The zero-order valence-electron chi connectivity index (χ0n) is 15.9.